The van der Waals surface area contributed by atoms with Crippen LogP contribution in [0, 0.1) is 13.8 Å². The van der Waals surface area contributed by atoms with Crippen LogP contribution in [0.5, 0.6) is 0 Å². The van der Waals surface area contributed by atoms with Crippen molar-refractivity contribution in [2.24, 2.45) is 0 Å². The monoisotopic (exact) mass is 233 g/mol. The normalized spacial score (nSPS) is 10.8. The van der Waals surface area contributed by atoms with Crippen LogP contribution < -0.4 is 0 Å². The van der Waals surface area contributed by atoms with Gasteiger partial charge in [-0.25, -0.2) is 9.50 Å². The molecule has 0 saturated heterocycles. The summed E-state index contributed by atoms with van der Waals surface area (Å²) in [6.45, 7) is 3.85. The van der Waals surface area contributed by atoms with E-state index in [0.717, 1.165) is 11.4 Å². The fourth-order valence-electron chi connectivity index (χ4n) is 1.58. The lowest BCUT2D eigenvalue weighted by Crippen LogP contribution is -2.24. The lowest BCUT2D eigenvalue weighted by Gasteiger charge is -2.07. The van der Waals surface area contributed by atoms with Crippen LogP contribution in [0.3, 0.4) is 0 Å². The van der Waals surface area contributed by atoms with E-state index in [1.807, 2.05) is 19.9 Å². The van der Waals surface area contributed by atoms with Crippen molar-refractivity contribution in [3.05, 3.63) is 23.3 Å². The molecule has 0 aliphatic carbocycles. The van der Waals surface area contributed by atoms with Gasteiger partial charge in [-0.3, -0.25) is 4.79 Å². The number of fused-ring (bicyclic) bond motifs is 1. The number of aryl methyl sites for hydroxylation is 2. The number of likely N-dealkylation sites (N-methyl/N-ethyl adjacent to an activating group) is 1. The topological polar surface area (TPSA) is 63.4 Å². The minimum atomic E-state index is -0.0183. The molecule has 0 saturated carbocycles. The lowest BCUT2D eigenvalue weighted by molar-refractivity contribution is -0.128. The van der Waals surface area contributed by atoms with Crippen molar-refractivity contribution in [3.8, 4) is 0 Å². The number of rotatable bonds is 2. The molecule has 17 heavy (non-hydrogen) atoms. The summed E-state index contributed by atoms with van der Waals surface area (Å²) < 4.78 is 1.66. The Hall–Kier alpha value is -1.98. The van der Waals surface area contributed by atoms with Gasteiger partial charge in [-0.2, -0.15) is 4.98 Å². The fourth-order valence-corrected chi connectivity index (χ4v) is 1.58. The first-order chi connectivity index (χ1) is 7.97. The molecule has 0 aliphatic rings. The van der Waals surface area contributed by atoms with E-state index in [1.165, 1.54) is 4.90 Å². The Labute approximate surface area is 99.3 Å². The van der Waals surface area contributed by atoms with Gasteiger partial charge in [0.05, 0.1) is 6.42 Å². The number of hydrogen-bond donors (Lipinski definition) is 0. The molecule has 2 rings (SSSR count). The summed E-state index contributed by atoms with van der Waals surface area (Å²) in [6, 6.07) is 1.93. The minimum absolute atomic E-state index is 0.0183. The minimum Gasteiger partial charge on any atom is -0.348 e. The molecule has 2 aromatic rings. The number of amides is 1. The number of nitrogens with zero attached hydrogens (tertiary/aromatic N) is 5. The highest BCUT2D eigenvalue weighted by atomic mass is 16.2. The van der Waals surface area contributed by atoms with Crippen LogP contribution in [-0.4, -0.2) is 44.5 Å². The van der Waals surface area contributed by atoms with Crippen molar-refractivity contribution in [1.29, 1.82) is 0 Å². The van der Waals surface area contributed by atoms with Gasteiger partial charge in [0.15, 0.2) is 5.82 Å². The van der Waals surface area contributed by atoms with E-state index in [1.54, 1.807) is 18.6 Å². The van der Waals surface area contributed by atoms with E-state index in [-0.39, 0.29) is 12.3 Å². The predicted molar refractivity (Wildman–Crippen MR) is 62.7 cm³/mol. The first-order valence-electron chi connectivity index (χ1n) is 5.37. The highest BCUT2D eigenvalue weighted by molar-refractivity contribution is 5.77. The van der Waals surface area contributed by atoms with Crippen molar-refractivity contribution >= 4 is 11.7 Å². The molecule has 2 aromatic heterocycles. The molecule has 0 fully saturated rings. The summed E-state index contributed by atoms with van der Waals surface area (Å²) in [4.78, 5) is 21.6. The zero-order valence-corrected chi connectivity index (χ0v) is 10.4. The Morgan fingerprint density at radius 1 is 1.35 bits per heavy atom. The van der Waals surface area contributed by atoms with Gasteiger partial charge in [-0.1, -0.05) is 0 Å². The molecule has 0 atom stereocenters. The quantitative estimate of drug-likeness (QED) is 0.752. The number of hydrogen-bond acceptors (Lipinski definition) is 4. The summed E-state index contributed by atoms with van der Waals surface area (Å²) in [5.74, 6) is 1.03. The average Bonchev–Trinajstić information content (AvgIpc) is 2.60. The van der Waals surface area contributed by atoms with Crippen LogP contribution in [-0.2, 0) is 11.2 Å². The maximum Gasteiger partial charge on any atom is 0.252 e. The van der Waals surface area contributed by atoms with Gasteiger partial charge < -0.3 is 4.90 Å². The molecule has 0 radical (unpaired) electrons. The second-order valence-electron chi connectivity index (χ2n) is 4.24. The van der Waals surface area contributed by atoms with Crippen LogP contribution in [0.1, 0.15) is 17.2 Å². The van der Waals surface area contributed by atoms with Crippen LogP contribution >= 0.6 is 0 Å². The van der Waals surface area contributed by atoms with E-state index < -0.39 is 0 Å². The number of carbonyl (C=O) groups excluding carboxylic acids is 1. The number of aromatic nitrogens is 4. The van der Waals surface area contributed by atoms with Crippen LogP contribution in [0.4, 0.5) is 0 Å². The molecule has 0 aromatic carbocycles. The van der Waals surface area contributed by atoms with Gasteiger partial charge in [0.1, 0.15) is 0 Å². The molecule has 0 bridgehead atoms. The van der Waals surface area contributed by atoms with Gasteiger partial charge in [0, 0.05) is 25.5 Å². The summed E-state index contributed by atoms with van der Waals surface area (Å²) in [5, 5.41) is 4.27. The third-order valence-electron chi connectivity index (χ3n) is 2.47. The zero-order chi connectivity index (χ0) is 12.6. The summed E-state index contributed by atoms with van der Waals surface area (Å²) >= 11 is 0. The maximum absolute atomic E-state index is 11.6. The molecule has 0 spiro atoms. The Kier molecular flexibility index (Phi) is 2.79. The molecule has 1 amide bonds. The lowest BCUT2D eigenvalue weighted by atomic mass is 10.4. The van der Waals surface area contributed by atoms with Crippen LogP contribution in [0.25, 0.3) is 5.78 Å². The molecular weight excluding hydrogens is 218 g/mol. The van der Waals surface area contributed by atoms with Gasteiger partial charge >= 0.3 is 0 Å². The smallest absolute Gasteiger partial charge is 0.252 e. The highest BCUT2D eigenvalue weighted by Gasteiger charge is 2.12. The van der Waals surface area contributed by atoms with Crippen LogP contribution in [0.2, 0.25) is 0 Å². The molecule has 6 nitrogen and oxygen atoms in total. The molecule has 2 heterocycles. The second kappa shape index (κ2) is 4.12. The molecule has 0 aliphatic heterocycles. The van der Waals surface area contributed by atoms with E-state index in [2.05, 4.69) is 15.1 Å². The van der Waals surface area contributed by atoms with Crippen molar-refractivity contribution < 1.29 is 4.79 Å². The SMILES string of the molecule is Cc1cc(C)n2nc(CC(=O)N(C)C)nc2n1. The van der Waals surface area contributed by atoms with Crippen molar-refractivity contribution in [2.45, 2.75) is 20.3 Å². The van der Waals surface area contributed by atoms with Crippen molar-refractivity contribution in [1.82, 2.24) is 24.5 Å². The predicted octanol–water partition coefficient (Wildman–Crippen LogP) is 0.372. The van der Waals surface area contributed by atoms with Crippen molar-refractivity contribution in [2.75, 3.05) is 14.1 Å². The largest absolute Gasteiger partial charge is 0.348 e. The zero-order valence-electron chi connectivity index (χ0n) is 10.4. The highest BCUT2D eigenvalue weighted by Crippen LogP contribution is 2.06. The first-order valence-corrected chi connectivity index (χ1v) is 5.37. The third kappa shape index (κ3) is 2.25. The van der Waals surface area contributed by atoms with Gasteiger partial charge in [0.25, 0.3) is 5.78 Å². The van der Waals surface area contributed by atoms with Gasteiger partial charge in [0.2, 0.25) is 5.91 Å². The van der Waals surface area contributed by atoms with Crippen LogP contribution in [0.15, 0.2) is 6.07 Å². The third-order valence-corrected chi connectivity index (χ3v) is 2.47. The molecular formula is C11H15N5O. The Morgan fingerprint density at radius 2 is 2.06 bits per heavy atom. The van der Waals surface area contributed by atoms with Crippen molar-refractivity contribution in [3.63, 3.8) is 0 Å². The Morgan fingerprint density at radius 3 is 2.71 bits per heavy atom. The second-order valence-corrected chi connectivity index (χ2v) is 4.24. The summed E-state index contributed by atoms with van der Waals surface area (Å²) in [6.07, 6.45) is 0.203. The summed E-state index contributed by atoms with van der Waals surface area (Å²) in [7, 11) is 3.43. The Balaban J connectivity index is 2.38. The molecule has 90 valence electrons. The first kappa shape index (κ1) is 11.5. The van der Waals surface area contributed by atoms with E-state index in [4.69, 9.17) is 0 Å². The van der Waals surface area contributed by atoms with Gasteiger partial charge in [-0.05, 0) is 19.9 Å². The standard InChI is InChI=1S/C11H15N5O/c1-7-5-8(2)16-11(12-7)13-9(14-16)6-10(17)15(3)4/h5H,6H2,1-4H3. The van der Waals surface area contributed by atoms with E-state index in [0.29, 0.717) is 11.6 Å². The average molecular weight is 233 g/mol. The fraction of sp³-hybridized carbons (Fsp3) is 0.455. The molecule has 0 unspecified atom stereocenters. The summed E-state index contributed by atoms with van der Waals surface area (Å²) in [5.41, 5.74) is 1.86. The Bertz CT molecular complexity index is 572. The molecule has 6 heteroatoms. The van der Waals surface area contributed by atoms with Gasteiger partial charge in [-0.15, -0.1) is 5.10 Å². The molecule has 0 N–H and O–H groups in total. The van der Waals surface area contributed by atoms with E-state index >= 15 is 0 Å². The van der Waals surface area contributed by atoms with E-state index in [9.17, 15) is 4.79 Å². The maximum atomic E-state index is 11.6. The number of carbonyl (C=O) groups is 1.